The quantitative estimate of drug-likeness (QED) is 0.581. The zero-order valence-corrected chi connectivity index (χ0v) is 17.3. The van der Waals surface area contributed by atoms with E-state index >= 15 is 0 Å². The first-order valence-electron chi connectivity index (χ1n) is 9.38. The summed E-state index contributed by atoms with van der Waals surface area (Å²) in [7, 11) is 3.29. The van der Waals surface area contributed by atoms with E-state index in [1.807, 2.05) is 36.4 Å². The lowest BCUT2D eigenvalue weighted by molar-refractivity contribution is -0.690. The Hall–Kier alpha value is -2.99. The second-order valence-electron chi connectivity index (χ2n) is 6.82. The summed E-state index contributed by atoms with van der Waals surface area (Å²) < 4.78 is 14.8. The first-order valence-corrected chi connectivity index (χ1v) is 9.38. The molecule has 1 amide bonds. The van der Waals surface area contributed by atoms with E-state index in [4.69, 9.17) is 9.47 Å². The van der Waals surface area contributed by atoms with Crippen molar-refractivity contribution in [1.29, 1.82) is 0 Å². The van der Waals surface area contributed by atoms with Crippen LogP contribution in [0.4, 0.5) is 5.69 Å². The van der Waals surface area contributed by atoms with Gasteiger partial charge in [0.25, 0.3) is 11.7 Å². The van der Waals surface area contributed by atoms with E-state index in [9.17, 15) is 4.79 Å². The zero-order valence-electron chi connectivity index (χ0n) is 16.5. The largest absolute Gasteiger partial charge is 1.00 e. The smallest absolute Gasteiger partial charge is 0.266 e. The fourth-order valence-corrected chi connectivity index (χ4v) is 3.67. The lowest BCUT2D eigenvalue weighted by atomic mass is 10.1. The van der Waals surface area contributed by atoms with E-state index in [0.29, 0.717) is 0 Å². The van der Waals surface area contributed by atoms with Crippen LogP contribution in [0, 0.1) is 0 Å². The molecule has 0 radical (unpaired) electrons. The fourth-order valence-electron chi connectivity index (χ4n) is 3.67. The number of carbonyl (C=O) groups is 1. The third-order valence-electron chi connectivity index (χ3n) is 5.07. The summed E-state index contributed by atoms with van der Waals surface area (Å²) in [5.41, 5.74) is 3.02. The molecular formula is C22H24ClN3O3. The van der Waals surface area contributed by atoms with Crippen molar-refractivity contribution >= 4 is 11.6 Å². The van der Waals surface area contributed by atoms with Crippen LogP contribution in [-0.2, 0) is 24.3 Å². The molecule has 152 valence electrons. The van der Waals surface area contributed by atoms with Crippen LogP contribution in [0.2, 0.25) is 0 Å². The third-order valence-corrected chi connectivity index (χ3v) is 5.07. The predicted molar refractivity (Wildman–Crippen MR) is 107 cm³/mol. The standard InChI is InChI=1S/C22H23N3O3.ClH/c1-27-18-9-5-16(6-10-18)20-14-24(22-4-3-13-25(20)22)15-21(26)23-17-7-11-19(28-2)12-8-17;/h5-12,14H,3-4,13,15H2,1-2H3;1H. The van der Waals surface area contributed by atoms with Crippen molar-refractivity contribution in [3.63, 3.8) is 0 Å². The van der Waals surface area contributed by atoms with Gasteiger partial charge in [0.15, 0.2) is 12.2 Å². The Labute approximate surface area is 176 Å². The number of anilines is 1. The molecule has 3 aromatic rings. The number of imidazole rings is 1. The number of hydrogen-bond donors (Lipinski definition) is 1. The monoisotopic (exact) mass is 413 g/mol. The molecule has 1 N–H and O–H groups in total. The molecule has 0 aliphatic carbocycles. The average molecular weight is 414 g/mol. The molecule has 7 heteroatoms. The van der Waals surface area contributed by atoms with Gasteiger partial charge in [-0.3, -0.25) is 4.79 Å². The van der Waals surface area contributed by atoms with Crippen molar-refractivity contribution in [3.8, 4) is 22.8 Å². The zero-order chi connectivity index (χ0) is 19.5. The molecule has 2 heterocycles. The van der Waals surface area contributed by atoms with Gasteiger partial charge < -0.3 is 27.2 Å². The van der Waals surface area contributed by atoms with Gasteiger partial charge in [0.1, 0.15) is 17.7 Å². The Morgan fingerprint density at radius 3 is 2.28 bits per heavy atom. The average Bonchev–Trinajstić information content (AvgIpc) is 3.33. The molecular weight excluding hydrogens is 390 g/mol. The number of methoxy groups -OCH3 is 2. The summed E-state index contributed by atoms with van der Waals surface area (Å²) in [6, 6.07) is 15.4. The maximum absolute atomic E-state index is 12.6. The summed E-state index contributed by atoms with van der Waals surface area (Å²) in [5, 5.41) is 2.96. The number of nitrogens with one attached hydrogen (secondary N) is 1. The minimum Gasteiger partial charge on any atom is -1.00 e. The summed E-state index contributed by atoms with van der Waals surface area (Å²) in [5.74, 6) is 2.75. The second kappa shape index (κ2) is 9.01. The summed E-state index contributed by atoms with van der Waals surface area (Å²) in [6.45, 7) is 1.27. The lowest BCUT2D eigenvalue weighted by Gasteiger charge is -2.05. The molecule has 0 saturated heterocycles. The number of carbonyl (C=O) groups excluding carboxylic acids is 1. The number of nitrogens with zero attached hydrogens (tertiary/aromatic N) is 2. The van der Waals surface area contributed by atoms with Crippen molar-refractivity contribution in [3.05, 3.63) is 60.6 Å². The van der Waals surface area contributed by atoms with Crippen LogP contribution in [-0.4, -0.2) is 24.7 Å². The van der Waals surface area contributed by atoms with Gasteiger partial charge in [-0.1, -0.05) is 0 Å². The van der Waals surface area contributed by atoms with Crippen molar-refractivity contribution in [2.24, 2.45) is 0 Å². The van der Waals surface area contributed by atoms with Crippen LogP contribution in [0.15, 0.2) is 54.7 Å². The SMILES string of the molecule is COc1ccc(NC(=O)C[n+]2cc(-c3ccc(OC)cc3)n3c2CCC3)cc1.[Cl-]. The Morgan fingerprint density at radius 1 is 1.03 bits per heavy atom. The Kier molecular flexibility index (Phi) is 6.44. The van der Waals surface area contributed by atoms with Crippen LogP contribution in [0.25, 0.3) is 11.3 Å². The number of amides is 1. The number of ether oxygens (including phenoxy) is 2. The van der Waals surface area contributed by atoms with E-state index in [2.05, 4.69) is 32.8 Å². The maximum atomic E-state index is 12.6. The van der Waals surface area contributed by atoms with Gasteiger partial charge >= 0.3 is 0 Å². The molecule has 0 atom stereocenters. The molecule has 6 nitrogen and oxygen atoms in total. The molecule has 1 aliphatic heterocycles. The van der Waals surface area contributed by atoms with Crippen LogP contribution in [0.5, 0.6) is 11.5 Å². The minimum atomic E-state index is -0.0447. The molecule has 0 spiro atoms. The van der Waals surface area contributed by atoms with Crippen LogP contribution in [0.1, 0.15) is 12.2 Å². The molecule has 4 rings (SSSR count). The topological polar surface area (TPSA) is 56.4 Å². The maximum Gasteiger partial charge on any atom is 0.266 e. The first kappa shape index (κ1) is 20.7. The van der Waals surface area contributed by atoms with Crippen molar-refractivity contribution in [2.45, 2.75) is 25.9 Å². The fraction of sp³-hybridized carbons (Fsp3) is 0.273. The van der Waals surface area contributed by atoms with Crippen LogP contribution in [0.3, 0.4) is 0 Å². The van der Waals surface area contributed by atoms with Gasteiger partial charge in [-0.05, 0) is 55.0 Å². The molecule has 0 bridgehead atoms. The van der Waals surface area contributed by atoms with Crippen LogP contribution >= 0.6 is 0 Å². The summed E-state index contributed by atoms with van der Waals surface area (Å²) in [4.78, 5) is 12.6. The molecule has 2 aromatic carbocycles. The highest BCUT2D eigenvalue weighted by Crippen LogP contribution is 2.26. The lowest BCUT2D eigenvalue weighted by Crippen LogP contribution is -3.00. The number of rotatable bonds is 6. The predicted octanol–water partition coefficient (Wildman–Crippen LogP) is 0.0487. The molecule has 1 aromatic heterocycles. The summed E-state index contributed by atoms with van der Waals surface area (Å²) >= 11 is 0. The number of hydrogen-bond acceptors (Lipinski definition) is 3. The van der Waals surface area contributed by atoms with Gasteiger partial charge in [-0.25, -0.2) is 9.13 Å². The van der Waals surface area contributed by atoms with E-state index < -0.39 is 0 Å². The first-order chi connectivity index (χ1) is 13.7. The minimum absolute atomic E-state index is 0. The van der Waals surface area contributed by atoms with E-state index in [1.54, 1.807) is 14.2 Å². The number of aromatic nitrogens is 2. The van der Waals surface area contributed by atoms with E-state index in [-0.39, 0.29) is 24.9 Å². The number of benzene rings is 2. The van der Waals surface area contributed by atoms with Gasteiger partial charge in [0.2, 0.25) is 0 Å². The Morgan fingerprint density at radius 2 is 1.66 bits per heavy atom. The molecule has 29 heavy (non-hydrogen) atoms. The number of fused-ring (bicyclic) bond motifs is 1. The van der Waals surface area contributed by atoms with Gasteiger partial charge in [0.05, 0.1) is 27.2 Å². The number of halogens is 1. The van der Waals surface area contributed by atoms with Gasteiger partial charge in [0, 0.05) is 11.3 Å². The highest BCUT2D eigenvalue weighted by molar-refractivity contribution is 5.89. The van der Waals surface area contributed by atoms with Crippen molar-refractivity contribution in [1.82, 2.24) is 4.57 Å². The molecule has 0 fully saturated rings. The Balaban J connectivity index is 0.00000240. The molecule has 0 unspecified atom stereocenters. The Bertz CT molecular complexity index is 982. The summed E-state index contributed by atoms with van der Waals surface area (Å²) in [6.07, 6.45) is 4.15. The third kappa shape index (κ3) is 4.38. The second-order valence-corrected chi connectivity index (χ2v) is 6.82. The van der Waals surface area contributed by atoms with E-state index in [0.717, 1.165) is 47.8 Å². The van der Waals surface area contributed by atoms with Gasteiger partial charge in [-0.15, -0.1) is 0 Å². The van der Waals surface area contributed by atoms with Gasteiger partial charge in [-0.2, -0.15) is 0 Å². The van der Waals surface area contributed by atoms with Crippen molar-refractivity contribution < 1.29 is 31.2 Å². The molecule has 0 saturated carbocycles. The normalized spacial score (nSPS) is 12.1. The highest BCUT2D eigenvalue weighted by atomic mass is 35.5. The van der Waals surface area contributed by atoms with Crippen LogP contribution < -0.4 is 31.8 Å². The molecule has 1 aliphatic rings. The van der Waals surface area contributed by atoms with E-state index in [1.165, 1.54) is 5.82 Å². The van der Waals surface area contributed by atoms with Crippen molar-refractivity contribution in [2.75, 3.05) is 19.5 Å². The highest BCUT2D eigenvalue weighted by Gasteiger charge is 2.29.